The first-order valence-electron chi connectivity index (χ1n) is 2.90. The average molecular weight is 141 g/mol. The number of rotatable bonds is 3. The van der Waals surface area contributed by atoms with Crippen molar-refractivity contribution >= 4 is 6.29 Å². The summed E-state index contributed by atoms with van der Waals surface area (Å²) in [5.74, 6) is 0.192. The molecular formula is C6H7NO3. The zero-order chi connectivity index (χ0) is 7.40. The van der Waals surface area contributed by atoms with Crippen LogP contribution in [0.3, 0.4) is 0 Å². The molecule has 0 bridgehead atoms. The minimum atomic E-state index is 0.192. The molecule has 10 heavy (non-hydrogen) atoms. The second-order valence-corrected chi connectivity index (χ2v) is 1.58. The third kappa shape index (κ3) is 1.15. The van der Waals surface area contributed by atoms with E-state index in [1.807, 2.05) is 0 Å². The van der Waals surface area contributed by atoms with Crippen LogP contribution in [0.5, 0.6) is 5.95 Å². The molecule has 0 radical (unpaired) electrons. The molecule has 4 nitrogen and oxygen atoms in total. The number of hydrogen-bond donors (Lipinski definition) is 0. The van der Waals surface area contributed by atoms with Crippen molar-refractivity contribution in [3.63, 3.8) is 0 Å². The van der Waals surface area contributed by atoms with Gasteiger partial charge in [-0.3, -0.25) is 4.79 Å². The van der Waals surface area contributed by atoms with Gasteiger partial charge in [-0.1, -0.05) is 0 Å². The molecular weight excluding hydrogens is 134 g/mol. The van der Waals surface area contributed by atoms with E-state index in [2.05, 4.69) is 4.98 Å². The predicted octanol–water partition coefficient (Wildman–Crippen LogP) is 0.886. The molecule has 1 aromatic rings. The van der Waals surface area contributed by atoms with Crippen LogP contribution in [-0.2, 0) is 0 Å². The smallest absolute Gasteiger partial charge is 0.316 e. The summed E-state index contributed by atoms with van der Waals surface area (Å²) < 4.78 is 9.64. The minimum absolute atomic E-state index is 0.192. The number of aldehydes is 1. The van der Waals surface area contributed by atoms with Gasteiger partial charge in [-0.2, -0.15) is 0 Å². The Bertz CT molecular complexity index is 219. The highest BCUT2D eigenvalue weighted by atomic mass is 16.6. The first kappa shape index (κ1) is 6.80. The molecule has 0 aliphatic heterocycles. The molecule has 1 rings (SSSR count). The van der Waals surface area contributed by atoms with Crippen molar-refractivity contribution in [2.75, 3.05) is 6.61 Å². The van der Waals surface area contributed by atoms with E-state index in [1.54, 1.807) is 6.92 Å². The third-order valence-electron chi connectivity index (χ3n) is 0.948. The summed E-state index contributed by atoms with van der Waals surface area (Å²) >= 11 is 0. The van der Waals surface area contributed by atoms with Gasteiger partial charge >= 0.3 is 5.95 Å². The monoisotopic (exact) mass is 141 g/mol. The summed E-state index contributed by atoms with van der Waals surface area (Å²) in [6.07, 6.45) is 1.77. The zero-order valence-electron chi connectivity index (χ0n) is 5.53. The van der Waals surface area contributed by atoms with Crippen LogP contribution in [-0.4, -0.2) is 17.9 Å². The number of oxazole rings is 1. The Labute approximate surface area is 57.8 Å². The first-order valence-corrected chi connectivity index (χ1v) is 2.90. The van der Waals surface area contributed by atoms with Gasteiger partial charge in [0.15, 0.2) is 18.4 Å². The molecule has 0 fully saturated rings. The molecule has 54 valence electrons. The third-order valence-corrected chi connectivity index (χ3v) is 0.948. The zero-order valence-corrected chi connectivity index (χ0v) is 5.53. The lowest BCUT2D eigenvalue weighted by molar-refractivity contribution is 0.111. The van der Waals surface area contributed by atoms with Crippen LogP contribution in [0.1, 0.15) is 17.4 Å². The first-order chi connectivity index (χ1) is 4.88. The second-order valence-electron chi connectivity index (χ2n) is 1.58. The summed E-state index contributed by atoms with van der Waals surface area (Å²) in [5.41, 5.74) is 0.210. The number of carbonyl (C=O) groups excluding carboxylic acids is 1. The lowest BCUT2D eigenvalue weighted by atomic mass is 10.5. The van der Waals surface area contributed by atoms with Gasteiger partial charge in [0.2, 0.25) is 0 Å². The van der Waals surface area contributed by atoms with Gasteiger partial charge in [-0.25, -0.2) is 4.98 Å². The molecule has 0 atom stereocenters. The van der Waals surface area contributed by atoms with E-state index in [-0.39, 0.29) is 11.6 Å². The number of ether oxygens (including phenoxy) is 1. The molecule has 0 spiro atoms. The summed E-state index contributed by atoms with van der Waals surface area (Å²) in [5, 5.41) is 0. The number of nitrogens with zero attached hydrogens (tertiary/aromatic N) is 1. The van der Waals surface area contributed by atoms with Gasteiger partial charge in [0.05, 0.1) is 6.61 Å². The SMILES string of the molecule is CCOc1ocnc1C=O. The lowest BCUT2D eigenvalue weighted by Gasteiger charge is -1.94. The highest BCUT2D eigenvalue weighted by molar-refractivity contribution is 5.74. The highest BCUT2D eigenvalue weighted by Crippen LogP contribution is 2.13. The van der Waals surface area contributed by atoms with Crippen LogP contribution >= 0.6 is 0 Å². The molecule has 1 heterocycles. The normalized spacial score (nSPS) is 9.30. The second kappa shape index (κ2) is 3.00. The van der Waals surface area contributed by atoms with E-state index in [9.17, 15) is 4.79 Å². The van der Waals surface area contributed by atoms with Crippen molar-refractivity contribution in [3.8, 4) is 5.95 Å². The van der Waals surface area contributed by atoms with E-state index >= 15 is 0 Å². The predicted molar refractivity (Wildman–Crippen MR) is 33.1 cm³/mol. The van der Waals surface area contributed by atoms with Crippen molar-refractivity contribution in [1.82, 2.24) is 4.98 Å². The van der Waals surface area contributed by atoms with Crippen molar-refractivity contribution < 1.29 is 13.9 Å². The molecule has 0 unspecified atom stereocenters. The van der Waals surface area contributed by atoms with Crippen LogP contribution in [0.15, 0.2) is 10.8 Å². The molecule has 1 aromatic heterocycles. The van der Waals surface area contributed by atoms with Crippen LogP contribution in [0, 0.1) is 0 Å². The Morgan fingerprint density at radius 2 is 2.70 bits per heavy atom. The summed E-state index contributed by atoms with van der Waals surface area (Å²) in [4.78, 5) is 13.8. The fourth-order valence-electron chi connectivity index (χ4n) is 0.562. The Hall–Kier alpha value is -1.32. The Morgan fingerprint density at radius 1 is 1.90 bits per heavy atom. The summed E-state index contributed by atoms with van der Waals surface area (Å²) in [6.45, 7) is 2.27. The van der Waals surface area contributed by atoms with Gasteiger partial charge in [0.25, 0.3) is 0 Å². The van der Waals surface area contributed by atoms with E-state index in [0.717, 1.165) is 0 Å². The van der Waals surface area contributed by atoms with Gasteiger partial charge in [-0.05, 0) is 6.92 Å². The van der Waals surface area contributed by atoms with Crippen molar-refractivity contribution in [1.29, 1.82) is 0 Å². The van der Waals surface area contributed by atoms with Gasteiger partial charge in [0, 0.05) is 0 Å². The fraction of sp³-hybridized carbons (Fsp3) is 0.333. The molecule has 0 aliphatic carbocycles. The number of hydrogen-bond acceptors (Lipinski definition) is 4. The van der Waals surface area contributed by atoms with E-state index < -0.39 is 0 Å². The van der Waals surface area contributed by atoms with Crippen LogP contribution in [0.2, 0.25) is 0 Å². The lowest BCUT2D eigenvalue weighted by Crippen LogP contribution is -1.92. The van der Waals surface area contributed by atoms with Crippen LogP contribution < -0.4 is 4.74 Å². The van der Waals surface area contributed by atoms with Crippen LogP contribution in [0.25, 0.3) is 0 Å². The van der Waals surface area contributed by atoms with Gasteiger partial charge in [-0.15, -0.1) is 0 Å². The number of aromatic nitrogens is 1. The molecule has 0 N–H and O–H groups in total. The van der Waals surface area contributed by atoms with Gasteiger partial charge in [0.1, 0.15) is 0 Å². The highest BCUT2D eigenvalue weighted by Gasteiger charge is 2.05. The summed E-state index contributed by atoms with van der Waals surface area (Å²) in [7, 11) is 0. The van der Waals surface area contributed by atoms with E-state index in [1.165, 1.54) is 6.39 Å². The molecule has 0 aliphatic rings. The Balaban J connectivity index is 2.79. The molecule has 0 aromatic carbocycles. The van der Waals surface area contributed by atoms with Crippen molar-refractivity contribution in [2.45, 2.75) is 6.92 Å². The molecule has 4 heteroatoms. The van der Waals surface area contributed by atoms with Crippen molar-refractivity contribution in [3.05, 3.63) is 12.1 Å². The topological polar surface area (TPSA) is 52.3 Å². The van der Waals surface area contributed by atoms with E-state index in [4.69, 9.17) is 9.15 Å². The Morgan fingerprint density at radius 3 is 3.30 bits per heavy atom. The van der Waals surface area contributed by atoms with Gasteiger partial charge < -0.3 is 9.15 Å². The maximum atomic E-state index is 10.2. The standard InChI is InChI=1S/C6H7NO3/c1-2-9-6-5(3-8)7-4-10-6/h3-4H,2H2,1H3. The fourth-order valence-corrected chi connectivity index (χ4v) is 0.562. The average Bonchev–Trinajstić information content (AvgIpc) is 2.36. The quantitative estimate of drug-likeness (QED) is 0.586. The maximum absolute atomic E-state index is 10.2. The molecule has 0 amide bonds. The van der Waals surface area contributed by atoms with Crippen LogP contribution in [0.4, 0.5) is 0 Å². The molecule has 0 saturated heterocycles. The summed E-state index contributed by atoms with van der Waals surface area (Å²) in [6, 6.07) is 0. The van der Waals surface area contributed by atoms with E-state index in [0.29, 0.717) is 12.9 Å². The molecule has 0 saturated carbocycles. The van der Waals surface area contributed by atoms with Crippen molar-refractivity contribution in [2.24, 2.45) is 0 Å². The number of carbonyl (C=O) groups is 1. The maximum Gasteiger partial charge on any atom is 0.316 e. The minimum Gasteiger partial charge on any atom is -0.464 e. The Kier molecular flexibility index (Phi) is 2.04. The largest absolute Gasteiger partial charge is 0.464 e.